The van der Waals surface area contributed by atoms with Crippen LogP contribution in [0.2, 0.25) is 0 Å². The van der Waals surface area contributed by atoms with Gasteiger partial charge in [-0.15, -0.1) is 0 Å². The third-order valence-corrected chi connectivity index (χ3v) is 2.49. The molecule has 1 unspecified atom stereocenters. The fraction of sp³-hybridized carbons (Fsp3) is 0.800. The fourth-order valence-electron chi connectivity index (χ4n) is 1.71. The molecule has 0 saturated heterocycles. The minimum Gasteiger partial charge on any atom is -0.389 e. The highest BCUT2D eigenvalue weighted by Gasteiger charge is 2.11. The monoisotopic (exact) mass is 154 g/mol. The van der Waals surface area contributed by atoms with Crippen molar-refractivity contribution in [2.45, 2.75) is 51.6 Å². The molecular weight excluding hydrogens is 136 g/mol. The van der Waals surface area contributed by atoms with Crippen LogP contribution in [0.1, 0.15) is 45.4 Å². The first-order chi connectivity index (χ1) is 5.34. The van der Waals surface area contributed by atoms with E-state index in [0.29, 0.717) is 0 Å². The zero-order chi connectivity index (χ0) is 8.10. The van der Waals surface area contributed by atoms with E-state index in [4.69, 9.17) is 0 Å². The normalized spacial score (nSPS) is 31.5. The molecule has 0 aromatic carbocycles. The molecule has 1 atom stereocenters. The Kier molecular flexibility index (Phi) is 3.64. The van der Waals surface area contributed by atoms with E-state index in [1.54, 1.807) is 0 Å². The maximum Gasteiger partial charge on any atom is 0.0750 e. The molecule has 1 fully saturated rings. The van der Waals surface area contributed by atoms with E-state index in [9.17, 15) is 5.11 Å². The van der Waals surface area contributed by atoms with E-state index in [1.807, 2.05) is 6.92 Å². The van der Waals surface area contributed by atoms with Gasteiger partial charge in [0.25, 0.3) is 0 Å². The molecule has 1 heteroatoms. The zero-order valence-electron chi connectivity index (χ0n) is 7.34. The number of hydrogen-bond acceptors (Lipinski definition) is 1. The second kappa shape index (κ2) is 4.55. The molecule has 0 amide bonds. The van der Waals surface area contributed by atoms with E-state index in [1.165, 1.54) is 31.3 Å². The smallest absolute Gasteiger partial charge is 0.0750 e. The lowest BCUT2D eigenvalue weighted by Gasteiger charge is -2.17. The van der Waals surface area contributed by atoms with Gasteiger partial charge in [-0.25, -0.2) is 0 Å². The number of hydrogen-bond donors (Lipinski definition) is 1. The number of allylic oxidation sites excluding steroid dienone is 1. The van der Waals surface area contributed by atoms with Crippen molar-refractivity contribution < 1.29 is 5.11 Å². The molecule has 1 aliphatic carbocycles. The summed E-state index contributed by atoms with van der Waals surface area (Å²) in [6.45, 7) is 2.03. The van der Waals surface area contributed by atoms with Gasteiger partial charge in [-0.05, 0) is 31.8 Å². The summed E-state index contributed by atoms with van der Waals surface area (Å²) in [5.41, 5.74) is 1.25. The first kappa shape index (κ1) is 8.79. The van der Waals surface area contributed by atoms with Crippen LogP contribution in [0.15, 0.2) is 11.6 Å². The summed E-state index contributed by atoms with van der Waals surface area (Å²) >= 11 is 0. The number of aliphatic hydroxyl groups excluding tert-OH is 1. The Morgan fingerprint density at radius 1 is 1.27 bits per heavy atom. The number of rotatable bonds is 0. The van der Waals surface area contributed by atoms with Crippen molar-refractivity contribution in [2.24, 2.45) is 0 Å². The van der Waals surface area contributed by atoms with Crippen molar-refractivity contribution in [3.8, 4) is 0 Å². The first-order valence-electron chi connectivity index (χ1n) is 4.67. The molecule has 64 valence electrons. The second-order valence-corrected chi connectivity index (χ2v) is 3.33. The standard InChI is InChI=1S/C10H18O/c1-2-9-7-5-3-4-6-8-10(9)11/h2,10-11H,3-8H2,1H3/b9-2-. The Morgan fingerprint density at radius 2 is 2.00 bits per heavy atom. The van der Waals surface area contributed by atoms with Crippen LogP contribution in [0.3, 0.4) is 0 Å². The Morgan fingerprint density at radius 3 is 2.73 bits per heavy atom. The summed E-state index contributed by atoms with van der Waals surface area (Å²) in [4.78, 5) is 0. The molecule has 1 aliphatic rings. The van der Waals surface area contributed by atoms with Crippen LogP contribution >= 0.6 is 0 Å². The Bertz CT molecular complexity index is 138. The van der Waals surface area contributed by atoms with Gasteiger partial charge in [0.15, 0.2) is 0 Å². The van der Waals surface area contributed by atoms with Gasteiger partial charge >= 0.3 is 0 Å². The molecule has 0 aromatic heterocycles. The lowest BCUT2D eigenvalue weighted by molar-refractivity contribution is 0.186. The van der Waals surface area contributed by atoms with Gasteiger partial charge in [0, 0.05) is 0 Å². The topological polar surface area (TPSA) is 20.2 Å². The summed E-state index contributed by atoms with van der Waals surface area (Å²) < 4.78 is 0. The van der Waals surface area contributed by atoms with Crippen LogP contribution < -0.4 is 0 Å². The molecule has 1 rings (SSSR count). The van der Waals surface area contributed by atoms with Gasteiger partial charge in [-0.2, -0.15) is 0 Å². The maximum absolute atomic E-state index is 9.61. The van der Waals surface area contributed by atoms with Crippen molar-refractivity contribution in [3.05, 3.63) is 11.6 Å². The van der Waals surface area contributed by atoms with Crippen LogP contribution in [0, 0.1) is 0 Å². The van der Waals surface area contributed by atoms with Gasteiger partial charge in [0.2, 0.25) is 0 Å². The van der Waals surface area contributed by atoms with Gasteiger partial charge in [-0.1, -0.05) is 25.3 Å². The van der Waals surface area contributed by atoms with Crippen molar-refractivity contribution >= 4 is 0 Å². The van der Waals surface area contributed by atoms with Gasteiger partial charge in [-0.3, -0.25) is 0 Å². The molecular formula is C10H18O. The van der Waals surface area contributed by atoms with Crippen LogP contribution in [0.25, 0.3) is 0 Å². The van der Waals surface area contributed by atoms with E-state index < -0.39 is 0 Å². The lowest BCUT2D eigenvalue weighted by atomic mass is 9.94. The summed E-state index contributed by atoms with van der Waals surface area (Å²) in [5.74, 6) is 0. The third kappa shape index (κ3) is 2.66. The largest absolute Gasteiger partial charge is 0.389 e. The van der Waals surface area contributed by atoms with Gasteiger partial charge in [0.1, 0.15) is 0 Å². The van der Waals surface area contributed by atoms with E-state index >= 15 is 0 Å². The van der Waals surface area contributed by atoms with E-state index in [0.717, 1.165) is 12.8 Å². The van der Waals surface area contributed by atoms with Crippen molar-refractivity contribution in [2.75, 3.05) is 0 Å². The van der Waals surface area contributed by atoms with Crippen LogP contribution in [-0.4, -0.2) is 11.2 Å². The molecule has 0 aromatic rings. The first-order valence-corrected chi connectivity index (χ1v) is 4.67. The Hall–Kier alpha value is -0.300. The molecule has 1 saturated carbocycles. The highest BCUT2D eigenvalue weighted by molar-refractivity contribution is 5.06. The quantitative estimate of drug-likeness (QED) is 0.532. The van der Waals surface area contributed by atoms with E-state index in [2.05, 4.69) is 6.08 Å². The van der Waals surface area contributed by atoms with Crippen LogP contribution in [0.4, 0.5) is 0 Å². The highest BCUT2D eigenvalue weighted by Crippen LogP contribution is 2.21. The molecule has 11 heavy (non-hydrogen) atoms. The molecule has 0 bridgehead atoms. The summed E-state index contributed by atoms with van der Waals surface area (Å²) in [6.07, 6.45) is 9.11. The molecule has 0 heterocycles. The highest BCUT2D eigenvalue weighted by atomic mass is 16.3. The van der Waals surface area contributed by atoms with Gasteiger partial charge in [0.05, 0.1) is 6.10 Å². The average Bonchev–Trinajstić information content (AvgIpc) is 1.98. The summed E-state index contributed by atoms with van der Waals surface area (Å²) in [6, 6.07) is 0. The van der Waals surface area contributed by atoms with Crippen molar-refractivity contribution in [3.63, 3.8) is 0 Å². The predicted octanol–water partition coefficient (Wildman–Crippen LogP) is 2.65. The number of aliphatic hydroxyl groups is 1. The molecule has 1 N–H and O–H groups in total. The minimum atomic E-state index is -0.139. The van der Waals surface area contributed by atoms with Crippen LogP contribution in [0.5, 0.6) is 0 Å². The average molecular weight is 154 g/mol. The minimum absolute atomic E-state index is 0.139. The second-order valence-electron chi connectivity index (χ2n) is 3.33. The SMILES string of the molecule is C/C=C1/CCCCCCC1O. The maximum atomic E-state index is 9.61. The zero-order valence-corrected chi connectivity index (χ0v) is 7.34. The lowest BCUT2D eigenvalue weighted by Crippen LogP contribution is -2.12. The fourth-order valence-corrected chi connectivity index (χ4v) is 1.71. The molecule has 0 aliphatic heterocycles. The molecule has 0 radical (unpaired) electrons. The van der Waals surface area contributed by atoms with Crippen molar-refractivity contribution in [1.82, 2.24) is 0 Å². The van der Waals surface area contributed by atoms with Gasteiger partial charge < -0.3 is 5.11 Å². The summed E-state index contributed by atoms with van der Waals surface area (Å²) in [5, 5.41) is 9.61. The third-order valence-electron chi connectivity index (χ3n) is 2.49. The van der Waals surface area contributed by atoms with Crippen LogP contribution in [-0.2, 0) is 0 Å². The molecule has 0 spiro atoms. The Balaban J connectivity index is 2.46. The van der Waals surface area contributed by atoms with Crippen molar-refractivity contribution in [1.29, 1.82) is 0 Å². The predicted molar refractivity (Wildman–Crippen MR) is 47.5 cm³/mol. The van der Waals surface area contributed by atoms with E-state index in [-0.39, 0.29) is 6.10 Å². The Labute approximate surface area is 69.1 Å². The molecule has 1 nitrogen and oxygen atoms in total. The summed E-state index contributed by atoms with van der Waals surface area (Å²) in [7, 11) is 0.